The maximum absolute atomic E-state index is 12.7. The van der Waals surface area contributed by atoms with Gasteiger partial charge in [-0.2, -0.15) is 0 Å². The van der Waals surface area contributed by atoms with Crippen molar-refractivity contribution in [3.05, 3.63) is 114 Å². The lowest BCUT2D eigenvalue weighted by Gasteiger charge is -2.13. The number of halogens is 1. The number of hydrogen-bond donors (Lipinski definition) is 2. The van der Waals surface area contributed by atoms with Crippen LogP contribution in [0.1, 0.15) is 17.3 Å². The smallest absolute Gasteiger partial charge is 0.255 e. The lowest BCUT2D eigenvalue weighted by molar-refractivity contribution is -0.115. The van der Waals surface area contributed by atoms with Gasteiger partial charge in [-0.05, 0) is 85.8 Å². The highest BCUT2D eigenvalue weighted by Gasteiger charge is 2.15. The molecule has 0 aliphatic rings. The molecule has 0 saturated heterocycles. The molecule has 0 radical (unpaired) electrons. The van der Waals surface area contributed by atoms with E-state index >= 15 is 0 Å². The first-order valence-electron chi connectivity index (χ1n) is 10.9. The molecule has 0 heterocycles. The zero-order valence-electron chi connectivity index (χ0n) is 18.9. The Morgan fingerprint density at radius 2 is 1.40 bits per heavy atom. The number of nitrogens with one attached hydrogen (secondary N) is 2. The van der Waals surface area contributed by atoms with Crippen LogP contribution in [-0.2, 0) is 4.79 Å². The summed E-state index contributed by atoms with van der Waals surface area (Å²) < 4.78 is 5.78. The molecule has 2 amide bonds. The number of anilines is 2. The quantitative estimate of drug-likeness (QED) is 0.245. The van der Waals surface area contributed by atoms with E-state index in [0.717, 1.165) is 10.6 Å². The second-order valence-electron chi connectivity index (χ2n) is 7.68. The van der Waals surface area contributed by atoms with Gasteiger partial charge >= 0.3 is 0 Å². The number of amides is 2. The minimum atomic E-state index is -0.317. The van der Waals surface area contributed by atoms with Gasteiger partial charge in [-0.25, -0.2) is 0 Å². The lowest BCUT2D eigenvalue weighted by Crippen LogP contribution is -2.22. The topological polar surface area (TPSA) is 67.4 Å². The van der Waals surface area contributed by atoms with Crippen molar-refractivity contribution >= 4 is 46.6 Å². The molecule has 2 N–H and O–H groups in total. The minimum Gasteiger partial charge on any atom is -0.457 e. The summed E-state index contributed by atoms with van der Waals surface area (Å²) in [6.07, 6.45) is 0. The van der Waals surface area contributed by atoms with Crippen LogP contribution in [0.15, 0.2) is 108 Å². The highest BCUT2D eigenvalue weighted by atomic mass is 35.5. The molecule has 4 aromatic rings. The van der Waals surface area contributed by atoms with Crippen molar-refractivity contribution in [2.24, 2.45) is 0 Å². The fourth-order valence-corrected chi connectivity index (χ4v) is 4.24. The Morgan fingerprint density at radius 1 is 0.771 bits per heavy atom. The van der Waals surface area contributed by atoms with E-state index in [1.54, 1.807) is 36.4 Å². The van der Waals surface area contributed by atoms with Crippen molar-refractivity contribution in [3.63, 3.8) is 0 Å². The highest BCUT2D eigenvalue weighted by molar-refractivity contribution is 8.00. The fraction of sp³-hybridized carbons (Fsp3) is 0.0714. The minimum absolute atomic E-state index is 0.106. The van der Waals surface area contributed by atoms with Gasteiger partial charge in [-0.1, -0.05) is 35.9 Å². The van der Waals surface area contributed by atoms with Crippen LogP contribution in [0.5, 0.6) is 11.5 Å². The van der Waals surface area contributed by atoms with Gasteiger partial charge in [-0.15, -0.1) is 11.8 Å². The predicted octanol–water partition coefficient (Wildman–Crippen LogP) is 7.50. The Balaban J connectivity index is 1.28. The molecule has 176 valence electrons. The van der Waals surface area contributed by atoms with E-state index in [1.165, 1.54) is 11.8 Å². The average molecular weight is 503 g/mol. The van der Waals surface area contributed by atoms with E-state index in [1.807, 2.05) is 73.7 Å². The largest absolute Gasteiger partial charge is 0.457 e. The van der Waals surface area contributed by atoms with Crippen molar-refractivity contribution < 1.29 is 14.3 Å². The third kappa shape index (κ3) is 7.12. The van der Waals surface area contributed by atoms with Crippen LogP contribution in [-0.4, -0.2) is 17.1 Å². The van der Waals surface area contributed by atoms with Crippen LogP contribution in [0, 0.1) is 0 Å². The van der Waals surface area contributed by atoms with E-state index in [9.17, 15) is 9.59 Å². The third-order valence-electron chi connectivity index (χ3n) is 4.98. The Hall–Kier alpha value is -3.74. The number of ether oxygens (including phenoxy) is 1. The molecule has 0 aliphatic heterocycles. The molecular formula is C28H23ClN2O3S. The Kier molecular flexibility index (Phi) is 8.08. The number of rotatable bonds is 8. The van der Waals surface area contributed by atoms with Crippen LogP contribution < -0.4 is 15.4 Å². The molecule has 0 saturated carbocycles. The summed E-state index contributed by atoms with van der Waals surface area (Å²) in [7, 11) is 0. The first kappa shape index (κ1) is 24.4. The first-order valence-corrected chi connectivity index (χ1v) is 12.2. The second kappa shape index (κ2) is 11.6. The van der Waals surface area contributed by atoms with Gasteiger partial charge < -0.3 is 15.4 Å². The maximum Gasteiger partial charge on any atom is 0.255 e. The normalized spacial score (nSPS) is 11.4. The zero-order chi connectivity index (χ0) is 24.6. The fourth-order valence-electron chi connectivity index (χ4n) is 3.18. The number of carbonyl (C=O) groups excluding carboxylic acids is 2. The number of para-hydroxylation sites is 1. The molecule has 0 aliphatic carbocycles. The molecule has 7 heteroatoms. The summed E-state index contributed by atoms with van der Waals surface area (Å²) in [6, 6.07) is 30.9. The van der Waals surface area contributed by atoms with Crippen LogP contribution in [0.2, 0.25) is 5.02 Å². The van der Waals surface area contributed by atoms with Crippen molar-refractivity contribution in [1.29, 1.82) is 0 Å². The molecular weight excluding hydrogens is 480 g/mol. The molecule has 4 aromatic carbocycles. The molecule has 0 bridgehead atoms. The summed E-state index contributed by atoms with van der Waals surface area (Å²) in [4.78, 5) is 25.9. The molecule has 0 aromatic heterocycles. The summed E-state index contributed by atoms with van der Waals surface area (Å²) in [5, 5.41) is 5.96. The van der Waals surface area contributed by atoms with Crippen LogP contribution in [0.3, 0.4) is 0 Å². The molecule has 1 unspecified atom stereocenters. The predicted molar refractivity (Wildman–Crippen MR) is 143 cm³/mol. The van der Waals surface area contributed by atoms with Gasteiger partial charge in [0, 0.05) is 26.9 Å². The van der Waals surface area contributed by atoms with Gasteiger partial charge in [0.15, 0.2) is 0 Å². The van der Waals surface area contributed by atoms with Crippen molar-refractivity contribution in [2.75, 3.05) is 10.6 Å². The van der Waals surface area contributed by atoms with E-state index in [0.29, 0.717) is 27.7 Å². The molecule has 1 atom stereocenters. The Morgan fingerprint density at radius 3 is 2.09 bits per heavy atom. The molecule has 4 rings (SSSR count). The lowest BCUT2D eigenvalue weighted by atomic mass is 10.2. The standard InChI is InChI=1S/C28H23ClN2O3S/c1-19(27(32)30-22-10-14-25(15-11-22)34-24-8-3-2-4-9-24)35-26-16-12-23(13-17-26)31-28(33)20-6-5-7-21(29)18-20/h2-19H,1H3,(H,30,32)(H,31,33). The summed E-state index contributed by atoms with van der Waals surface area (Å²) in [5.41, 5.74) is 1.84. The van der Waals surface area contributed by atoms with Gasteiger partial charge in [0.25, 0.3) is 5.91 Å². The van der Waals surface area contributed by atoms with Crippen molar-refractivity contribution in [1.82, 2.24) is 0 Å². The van der Waals surface area contributed by atoms with Gasteiger partial charge in [0.1, 0.15) is 11.5 Å². The SMILES string of the molecule is CC(Sc1ccc(NC(=O)c2cccc(Cl)c2)cc1)C(=O)Nc1ccc(Oc2ccccc2)cc1. The second-order valence-corrected chi connectivity index (χ2v) is 9.53. The highest BCUT2D eigenvalue weighted by Crippen LogP contribution is 2.27. The number of benzene rings is 4. The summed E-state index contributed by atoms with van der Waals surface area (Å²) in [5.74, 6) is 1.11. The number of hydrogen-bond acceptors (Lipinski definition) is 4. The van der Waals surface area contributed by atoms with Gasteiger partial charge in [-0.3, -0.25) is 9.59 Å². The van der Waals surface area contributed by atoms with Gasteiger partial charge in [0.2, 0.25) is 5.91 Å². The van der Waals surface area contributed by atoms with E-state index in [-0.39, 0.29) is 17.1 Å². The van der Waals surface area contributed by atoms with Crippen LogP contribution in [0.4, 0.5) is 11.4 Å². The monoisotopic (exact) mass is 502 g/mol. The Bertz CT molecular complexity index is 1300. The van der Waals surface area contributed by atoms with E-state index < -0.39 is 0 Å². The molecule has 0 fully saturated rings. The zero-order valence-corrected chi connectivity index (χ0v) is 20.5. The molecule has 35 heavy (non-hydrogen) atoms. The summed E-state index contributed by atoms with van der Waals surface area (Å²) in [6.45, 7) is 1.85. The van der Waals surface area contributed by atoms with E-state index in [2.05, 4.69) is 10.6 Å². The third-order valence-corrected chi connectivity index (χ3v) is 6.33. The van der Waals surface area contributed by atoms with Crippen molar-refractivity contribution in [2.45, 2.75) is 17.1 Å². The van der Waals surface area contributed by atoms with Gasteiger partial charge in [0.05, 0.1) is 5.25 Å². The molecule has 0 spiro atoms. The number of carbonyl (C=O) groups is 2. The Labute approximate surface area is 213 Å². The molecule has 5 nitrogen and oxygen atoms in total. The first-order chi connectivity index (χ1) is 17.0. The summed E-state index contributed by atoms with van der Waals surface area (Å²) >= 11 is 7.39. The number of thioether (sulfide) groups is 1. The maximum atomic E-state index is 12.7. The average Bonchev–Trinajstić information content (AvgIpc) is 2.87. The van der Waals surface area contributed by atoms with Crippen molar-refractivity contribution in [3.8, 4) is 11.5 Å². The van der Waals surface area contributed by atoms with Crippen LogP contribution in [0.25, 0.3) is 0 Å². The van der Waals surface area contributed by atoms with E-state index in [4.69, 9.17) is 16.3 Å². The van der Waals surface area contributed by atoms with Crippen LogP contribution >= 0.6 is 23.4 Å².